The molecule has 0 saturated heterocycles. The molecule has 2 N–H and O–H groups in total. The minimum atomic E-state index is -1.06. The third-order valence-corrected chi connectivity index (χ3v) is 2.45. The van der Waals surface area contributed by atoms with Crippen molar-refractivity contribution in [3.63, 3.8) is 0 Å². The summed E-state index contributed by atoms with van der Waals surface area (Å²) in [6.45, 7) is 0.511. The van der Waals surface area contributed by atoms with Crippen LogP contribution in [0.4, 0.5) is 0 Å². The number of carbonyl (C=O) groups is 1. The fourth-order valence-electron chi connectivity index (χ4n) is 1.60. The Balaban J connectivity index is 2.32. The molecule has 1 aliphatic rings. The van der Waals surface area contributed by atoms with Crippen LogP contribution in [0.1, 0.15) is 11.5 Å². The summed E-state index contributed by atoms with van der Waals surface area (Å²) in [6, 6.07) is 4.89. The number of fused-ring (bicyclic) bond motifs is 1. The van der Waals surface area contributed by atoms with Crippen LogP contribution >= 0.6 is 0 Å². The van der Waals surface area contributed by atoms with Crippen LogP contribution in [-0.4, -0.2) is 36.0 Å². The normalized spacial score (nSPS) is 15.6. The highest BCUT2D eigenvalue weighted by atomic mass is 16.6. The molecular weight excluding hydrogens is 212 g/mol. The minimum absolute atomic E-state index is 0.436. The molecule has 0 bridgehead atoms. The van der Waals surface area contributed by atoms with Crippen LogP contribution in [0.3, 0.4) is 0 Å². The fraction of sp³-hybridized carbons (Fsp3) is 0.364. The molecule has 0 aliphatic carbocycles. The van der Waals surface area contributed by atoms with Gasteiger partial charge in [0.15, 0.2) is 11.5 Å². The number of aliphatic hydroxyl groups is 1. The van der Waals surface area contributed by atoms with E-state index in [1.54, 1.807) is 18.2 Å². The van der Waals surface area contributed by atoms with Crippen LogP contribution in [0.15, 0.2) is 18.2 Å². The largest absolute Gasteiger partial charge is 0.486 e. The Labute approximate surface area is 92.2 Å². The number of benzene rings is 1. The molecule has 0 aromatic heterocycles. The highest BCUT2D eigenvalue weighted by molar-refractivity contribution is 5.76. The minimum Gasteiger partial charge on any atom is -0.486 e. The fourth-order valence-corrected chi connectivity index (χ4v) is 1.60. The van der Waals surface area contributed by atoms with Gasteiger partial charge in [0.1, 0.15) is 19.1 Å². The maximum atomic E-state index is 10.9. The third-order valence-electron chi connectivity index (χ3n) is 2.45. The monoisotopic (exact) mass is 224 g/mol. The van der Waals surface area contributed by atoms with E-state index in [1.165, 1.54) is 0 Å². The van der Waals surface area contributed by atoms with Gasteiger partial charge in [-0.05, 0) is 17.7 Å². The highest BCUT2D eigenvalue weighted by Crippen LogP contribution is 2.33. The zero-order valence-electron chi connectivity index (χ0n) is 8.55. The van der Waals surface area contributed by atoms with Gasteiger partial charge in [0.05, 0.1) is 6.61 Å². The summed E-state index contributed by atoms with van der Waals surface area (Å²) in [4.78, 5) is 10.9. The molecule has 1 aromatic rings. The van der Waals surface area contributed by atoms with Crippen molar-refractivity contribution in [1.29, 1.82) is 0 Å². The van der Waals surface area contributed by atoms with Crippen LogP contribution in [0.5, 0.6) is 11.5 Å². The van der Waals surface area contributed by atoms with Crippen LogP contribution < -0.4 is 9.47 Å². The van der Waals surface area contributed by atoms with E-state index in [0.29, 0.717) is 30.3 Å². The topological polar surface area (TPSA) is 76.0 Å². The molecule has 0 amide bonds. The molecule has 5 heteroatoms. The zero-order chi connectivity index (χ0) is 11.5. The molecule has 1 unspecified atom stereocenters. The molecule has 16 heavy (non-hydrogen) atoms. The van der Waals surface area contributed by atoms with Gasteiger partial charge in [-0.15, -0.1) is 0 Å². The van der Waals surface area contributed by atoms with E-state index in [0.717, 1.165) is 0 Å². The summed E-state index contributed by atoms with van der Waals surface area (Å²) in [5.74, 6) is -0.837. The average Bonchev–Trinajstić information content (AvgIpc) is 2.29. The SMILES string of the molecule is O=C(O)C(CO)c1ccc2c(c1)OCCO2. The van der Waals surface area contributed by atoms with Gasteiger partial charge in [-0.2, -0.15) is 0 Å². The Hall–Kier alpha value is -1.75. The van der Waals surface area contributed by atoms with Crippen LogP contribution in [-0.2, 0) is 4.79 Å². The molecule has 0 spiro atoms. The maximum absolute atomic E-state index is 10.9. The lowest BCUT2D eigenvalue weighted by molar-refractivity contribution is -0.139. The van der Waals surface area contributed by atoms with E-state index in [2.05, 4.69) is 0 Å². The van der Waals surface area contributed by atoms with Crippen LogP contribution in [0.25, 0.3) is 0 Å². The van der Waals surface area contributed by atoms with Gasteiger partial charge < -0.3 is 19.7 Å². The first kappa shape index (κ1) is 10.8. The number of hydrogen-bond donors (Lipinski definition) is 2. The first-order valence-electron chi connectivity index (χ1n) is 4.95. The summed E-state index contributed by atoms with van der Waals surface area (Å²) in [5, 5.41) is 17.9. The molecule has 1 atom stereocenters. The number of aliphatic hydroxyl groups excluding tert-OH is 1. The summed E-state index contributed by atoms with van der Waals surface area (Å²) >= 11 is 0. The summed E-state index contributed by atoms with van der Waals surface area (Å²) in [5.41, 5.74) is 0.513. The lowest BCUT2D eigenvalue weighted by Gasteiger charge is -2.20. The van der Waals surface area contributed by atoms with Crippen molar-refractivity contribution >= 4 is 5.97 Å². The quantitative estimate of drug-likeness (QED) is 0.787. The zero-order valence-corrected chi connectivity index (χ0v) is 8.55. The Bertz CT molecular complexity index is 401. The van der Waals surface area contributed by atoms with Crippen molar-refractivity contribution in [3.8, 4) is 11.5 Å². The first-order chi connectivity index (χ1) is 7.72. The van der Waals surface area contributed by atoms with Crippen molar-refractivity contribution in [2.75, 3.05) is 19.8 Å². The number of rotatable bonds is 3. The van der Waals surface area contributed by atoms with Crippen molar-refractivity contribution in [3.05, 3.63) is 23.8 Å². The van der Waals surface area contributed by atoms with E-state index in [-0.39, 0.29) is 0 Å². The predicted molar refractivity (Wildman–Crippen MR) is 54.9 cm³/mol. The van der Waals surface area contributed by atoms with Crippen molar-refractivity contribution in [2.24, 2.45) is 0 Å². The maximum Gasteiger partial charge on any atom is 0.313 e. The molecule has 2 rings (SSSR count). The second-order valence-electron chi connectivity index (χ2n) is 3.48. The number of ether oxygens (including phenoxy) is 2. The number of carboxylic acids is 1. The predicted octanol–water partition coefficient (Wildman–Crippen LogP) is 0.618. The van der Waals surface area contributed by atoms with E-state index in [1.807, 2.05) is 0 Å². The molecule has 1 heterocycles. The molecule has 0 fully saturated rings. The molecule has 1 aromatic carbocycles. The summed E-state index contributed by atoms with van der Waals surface area (Å²) in [6.07, 6.45) is 0. The van der Waals surface area contributed by atoms with Gasteiger partial charge >= 0.3 is 5.97 Å². The Morgan fingerprint density at radius 2 is 2.00 bits per heavy atom. The number of aliphatic carboxylic acids is 1. The molecule has 86 valence electrons. The Morgan fingerprint density at radius 3 is 2.62 bits per heavy atom. The van der Waals surface area contributed by atoms with E-state index >= 15 is 0 Å². The van der Waals surface area contributed by atoms with Crippen molar-refractivity contribution in [2.45, 2.75) is 5.92 Å². The second-order valence-corrected chi connectivity index (χ2v) is 3.48. The third kappa shape index (κ3) is 1.94. The van der Waals surface area contributed by atoms with E-state index in [9.17, 15) is 4.79 Å². The lowest BCUT2D eigenvalue weighted by Crippen LogP contribution is -2.18. The van der Waals surface area contributed by atoms with Crippen LogP contribution in [0, 0.1) is 0 Å². The lowest BCUT2D eigenvalue weighted by atomic mass is 10.00. The second kappa shape index (κ2) is 4.40. The Kier molecular flexibility index (Phi) is 2.96. The van der Waals surface area contributed by atoms with E-state index < -0.39 is 18.5 Å². The van der Waals surface area contributed by atoms with Crippen LogP contribution in [0.2, 0.25) is 0 Å². The molecule has 5 nitrogen and oxygen atoms in total. The smallest absolute Gasteiger partial charge is 0.313 e. The highest BCUT2D eigenvalue weighted by Gasteiger charge is 2.21. The van der Waals surface area contributed by atoms with Gasteiger partial charge in [-0.25, -0.2) is 0 Å². The average molecular weight is 224 g/mol. The standard InChI is InChI=1S/C11H12O5/c12-6-8(11(13)14)7-1-2-9-10(5-7)16-4-3-15-9/h1-2,5,8,12H,3-4,6H2,(H,13,14). The summed E-state index contributed by atoms with van der Waals surface area (Å²) in [7, 11) is 0. The molecular formula is C11H12O5. The van der Waals surface area contributed by atoms with Gasteiger partial charge in [0.2, 0.25) is 0 Å². The summed E-state index contributed by atoms with van der Waals surface area (Å²) < 4.78 is 10.7. The molecule has 0 radical (unpaired) electrons. The molecule has 1 aliphatic heterocycles. The number of carboxylic acid groups (broad SMARTS) is 1. The van der Waals surface area contributed by atoms with Gasteiger partial charge in [-0.1, -0.05) is 6.07 Å². The number of hydrogen-bond acceptors (Lipinski definition) is 4. The van der Waals surface area contributed by atoms with Gasteiger partial charge in [-0.3, -0.25) is 4.79 Å². The van der Waals surface area contributed by atoms with Gasteiger partial charge in [0, 0.05) is 0 Å². The van der Waals surface area contributed by atoms with Crippen molar-refractivity contribution < 1.29 is 24.5 Å². The van der Waals surface area contributed by atoms with Gasteiger partial charge in [0.25, 0.3) is 0 Å². The van der Waals surface area contributed by atoms with Crippen molar-refractivity contribution in [1.82, 2.24) is 0 Å². The Morgan fingerprint density at radius 1 is 1.31 bits per heavy atom. The first-order valence-corrected chi connectivity index (χ1v) is 4.95. The molecule has 0 saturated carbocycles. The van der Waals surface area contributed by atoms with E-state index in [4.69, 9.17) is 19.7 Å².